The standard InChI is InChI=1S/C19H15ClN2/c20-18-12-10-17(11-13-18)19(22-21)16-8-6-15(7-9-16)14-4-2-1-3-5-14/h1-13H,21H2/b22-19-. The van der Waals surface area contributed by atoms with Crippen LogP contribution in [0, 0.1) is 0 Å². The quantitative estimate of drug-likeness (QED) is 0.424. The predicted octanol–water partition coefficient (Wildman–Crippen LogP) is 4.72. The van der Waals surface area contributed by atoms with Gasteiger partial charge in [0, 0.05) is 16.1 Å². The molecule has 3 aromatic rings. The van der Waals surface area contributed by atoms with E-state index in [2.05, 4.69) is 29.4 Å². The lowest BCUT2D eigenvalue weighted by Crippen LogP contribution is -2.06. The van der Waals surface area contributed by atoms with E-state index in [0.29, 0.717) is 5.02 Å². The van der Waals surface area contributed by atoms with E-state index in [4.69, 9.17) is 17.4 Å². The number of benzene rings is 3. The van der Waals surface area contributed by atoms with Gasteiger partial charge in [0.2, 0.25) is 0 Å². The lowest BCUT2D eigenvalue weighted by molar-refractivity contribution is 1.24. The molecule has 0 fully saturated rings. The van der Waals surface area contributed by atoms with Gasteiger partial charge in [0.15, 0.2) is 0 Å². The third-order valence-electron chi connectivity index (χ3n) is 3.51. The summed E-state index contributed by atoms with van der Waals surface area (Å²) in [7, 11) is 0. The monoisotopic (exact) mass is 306 g/mol. The Hall–Kier alpha value is -2.58. The van der Waals surface area contributed by atoms with Crippen molar-refractivity contribution in [3.63, 3.8) is 0 Å². The average molecular weight is 307 g/mol. The number of halogens is 1. The molecule has 108 valence electrons. The zero-order chi connectivity index (χ0) is 15.4. The first-order valence-corrected chi connectivity index (χ1v) is 7.35. The molecule has 0 radical (unpaired) electrons. The molecule has 3 rings (SSSR count). The van der Waals surface area contributed by atoms with E-state index in [9.17, 15) is 0 Å². The maximum Gasteiger partial charge on any atom is 0.0971 e. The molecule has 0 amide bonds. The van der Waals surface area contributed by atoms with Crippen molar-refractivity contribution in [1.29, 1.82) is 0 Å². The van der Waals surface area contributed by atoms with Crippen molar-refractivity contribution >= 4 is 17.3 Å². The summed E-state index contributed by atoms with van der Waals surface area (Å²) in [5.41, 5.74) is 5.02. The normalized spacial score (nSPS) is 11.4. The first kappa shape index (κ1) is 14.4. The van der Waals surface area contributed by atoms with Gasteiger partial charge in [-0.2, -0.15) is 5.10 Å². The molecule has 0 unspecified atom stereocenters. The molecule has 0 aliphatic heterocycles. The molecule has 2 nitrogen and oxygen atoms in total. The van der Waals surface area contributed by atoms with E-state index in [1.165, 1.54) is 5.56 Å². The number of hydrazone groups is 1. The molecule has 0 aliphatic rings. The second-order valence-electron chi connectivity index (χ2n) is 4.93. The van der Waals surface area contributed by atoms with Crippen molar-refractivity contribution in [3.05, 3.63) is 95.0 Å². The van der Waals surface area contributed by atoms with E-state index in [1.54, 1.807) is 0 Å². The molecule has 0 saturated heterocycles. The van der Waals surface area contributed by atoms with Crippen LogP contribution in [0.1, 0.15) is 11.1 Å². The first-order valence-electron chi connectivity index (χ1n) is 6.97. The molecule has 3 aromatic carbocycles. The van der Waals surface area contributed by atoms with Gasteiger partial charge in [-0.1, -0.05) is 78.3 Å². The summed E-state index contributed by atoms with van der Waals surface area (Å²) in [5.74, 6) is 5.58. The molecule has 3 heteroatoms. The third kappa shape index (κ3) is 3.02. The van der Waals surface area contributed by atoms with Gasteiger partial charge in [-0.25, -0.2) is 0 Å². The largest absolute Gasteiger partial charge is 0.323 e. The van der Waals surface area contributed by atoms with Crippen molar-refractivity contribution in [2.75, 3.05) is 0 Å². The highest BCUT2D eigenvalue weighted by molar-refractivity contribution is 6.30. The molecule has 0 heterocycles. The van der Waals surface area contributed by atoms with Crippen molar-refractivity contribution in [2.45, 2.75) is 0 Å². The molecule has 0 aliphatic carbocycles. The van der Waals surface area contributed by atoms with Crippen LogP contribution >= 0.6 is 11.6 Å². The van der Waals surface area contributed by atoms with Crippen molar-refractivity contribution in [3.8, 4) is 11.1 Å². The second-order valence-corrected chi connectivity index (χ2v) is 5.36. The lowest BCUT2D eigenvalue weighted by Gasteiger charge is -2.08. The number of hydrogen-bond donors (Lipinski definition) is 1. The Labute approximate surface area is 134 Å². The highest BCUT2D eigenvalue weighted by Gasteiger charge is 2.07. The van der Waals surface area contributed by atoms with Crippen LogP contribution in [0.15, 0.2) is 84.0 Å². The Morgan fingerprint density at radius 3 is 1.73 bits per heavy atom. The van der Waals surface area contributed by atoms with Gasteiger partial charge in [-0.05, 0) is 23.3 Å². The molecule has 0 atom stereocenters. The summed E-state index contributed by atoms with van der Waals surface area (Å²) in [5, 5.41) is 4.63. The van der Waals surface area contributed by atoms with E-state index < -0.39 is 0 Å². The summed E-state index contributed by atoms with van der Waals surface area (Å²) >= 11 is 5.92. The van der Waals surface area contributed by atoms with E-state index in [1.807, 2.05) is 54.6 Å². The van der Waals surface area contributed by atoms with Crippen LogP contribution in [-0.4, -0.2) is 5.71 Å². The topological polar surface area (TPSA) is 38.4 Å². The van der Waals surface area contributed by atoms with Gasteiger partial charge < -0.3 is 5.84 Å². The van der Waals surface area contributed by atoms with Crippen molar-refractivity contribution in [2.24, 2.45) is 10.9 Å². The minimum absolute atomic E-state index is 0.694. The number of nitrogens with two attached hydrogens (primary N) is 1. The SMILES string of the molecule is N/N=C(\c1ccc(Cl)cc1)c1ccc(-c2ccccc2)cc1. The zero-order valence-corrected chi connectivity index (χ0v) is 12.7. The highest BCUT2D eigenvalue weighted by Crippen LogP contribution is 2.21. The molecular weight excluding hydrogens is 292 g/mol. The highest BCUT2D eigenvalue weighted by atomic mass is 35.5. The van der Waals surface area contributed by atoms with Crippen LogP contribution in [0.3, 0.4) is 0 Å². The minimum atomic E-state index is 0.694. The molecule has 0 saturated carbocycles. The van der Waals surface area contributed by atoms with Gasteiger partial charge in [-0.15, -0.1) is 0 Å². The Bertz CT molecular complexity index is 776. The number of rotatable bonds is 3. The summed E-state index contributed by atoms with van der Waals surface area (Å²) in [6, 6.07) is 26.0. The summed E-state index contributed by atoms with van der Waals surface area (Å²) < 4.78 is 0. The Morgan fingerprint density at radius 2 is 1.18 bits per heavy atom. The second kappa shape index (κ2) is 6.46. The van der Waals surface area contributed by atoms with E-state index in [0.717, 1.165) is 22.4 Å². The van der Waals surface area contributed by atoms with Crippen LogP contribution in [0.25, 0.3) is 11.1 Å². The van der Waals surface area contributed by atoms with Gasteiger partial charge in [0.05, 0.1) is 5.71 Å². The summed E-state index contributed by atoms with van der Waals surface area (Å²) in [6.45, 7) is 0. The first-order chi connectivity index (χ1) is 10.8. The van der Waals surface area contributed by atoms with Crippen LogP contribution in [0.5, 0.6) is 0 Å². The van der Waals surface area contributed by atoms with Gasteiger partial charge in [-0.3, -0.25) is 0 Å². The molecular formula is C19H15ClN2. The minimum Gasteiger partial charge on any atom is -0.323 e. The Balaban J connectivity index is 1.93. The van der Waals surface area contributed by atoms with Crippen LogP contribution < -0.4 is 5.84 Å². The maximum absolute atomic E-state index is 5.92. The molecule has 0 aromatic heterocycles. The fraction of sp³-hybridized carbons (Fsp3) is 0. The fourth-order valence-electron chi connectivity index (χ4n) is 2.37. The number of nitrogens with zero attached hydrogens (tertiary/aromatic N) is 1. The van der Waals surface area contributed by atoms with Crippen LogP contribution in [0.2, 0.25) is 5.02 Å². The van der Waals surface area contributed by atoms with Crippen LogP contribution in [-0.2, 0) is 0 Å². The predicted molar refractivity (Wildman–Crippen MR) is 93.2 cm³/mol. The zero-order valence-electron chi connectivity index (χ0n) is 11.9. The van der Waals surface area contributed by atoms with E-state index >= 15 is 0 Å². The molecule has 22 heavy (non-hydrogen) atoms. The summed E-state index contributed by atoms with van der Waals surface area (Å²) in [6.07, 6.45) is 0. The fourth-order valence-corrected chi connectivity index (χ4v) is 2.50. The Morgan fingerprint density at radius 1 is 0.682 bits per heavy atom. The van der Waals surface area contributed by atoms with Gasteiger partial charge >= 0.3 is 0 Å². The summed E-state index contributed by atoms with van der Waals surface area (Å²) in [4.78, 5) is 0. The van der Waals surface area contributed by atoms with Crippen molar-refractivity contribution in [1.82, 2.24) is 0 Å². The lowest BCUT2D eigenvalue weighted by atomic mass is 9.99. The average Bonchev–Trinajstić information content (AvgIpc) is 2.59. The number of hydrogen-bond acceptors (Lipinski definition) is 2. The third-order valence-corrected chi connectivity index (χ3v) is 3.76. The Kier molecular flexibility index (Phi) is 4.22. The molecule has 0 spiro atoms. The van der Waals surface area contributed by atoms with Gasteiger partial charge in [0.1, 0.15) is 0 Å². The van der Waals surface area contributed by atoms with Gasteiger partial charge in [0.25, 0.3) is 0 Å². The van der Waals surface area contributed by atoms with Crippen molar-refractivity contribution < 1.29 is 0 Å². The smallest absolute Gasteiger partial charge is 0.0971 e. The maximum atomic E-state index is 5.92. The van der Waals surface area contributed by atoms with E-state index in [-0.39, 0.29) is 0 Å². The van der Waals surface area contributed by atoms with Crippen LogP contribution in [0.4, 0.5) is 0 Å². The molecule has 2 N–H and O–H groups in total. The molecule has 0 bridgehead atoms.